The SMILES string of the molecule is CC(C)(C)c1ccc(Cc2cc(C3C[C@@H](O)CC(CO)O3)ccc2C2CC2)cc1. The first-order chi connectivity index (χ1) is 13.8. The van der Waals surface area contributed by atoms with Crippen molar-refractivity contribution in [2.45, 2.75) is 82.5 Å². The maximum atomic E-state index is 10.2. The second kappa shape index (κ2) is 8.22. The van der Waals surface area contributed by atoms with Gasteiger partial charge in [0.1, 0.15) is 0 Å². The predicted molar refractivity (Wildman–Crippen MR) is 116 cm³/mol. The van der Waals surface area contributed by atoms with Gasteiger partial charge in [0.15, 0.2) is 0 Å². The number of aliphatic hydroxyl groups excluding tert-OH is 2. The molecule has 2 aliphatic rings. The third-order valence-corrected chi connectivity index (χ3v) is 6.35. The molecule has 0 bridgehead atoms. The van der Waals surface area contributed by atoms with Gasteiger partial charge in [-0.05, 0) is 58.4 Å². The fourth-order valence-corrected chi connectivity index (χ4v) is 4.44. The van der Waals surface area contributed by atoms with Crippen molar-refractivity contribution in [3.05, 3.63) is 70.3 Å². The molecule has 2 fully saturated rings. The summed E-state index contributed by atoms with van der Waals surface area (Å²) in [6.07, 6.45) is 3.75. The lowest BCUT2D eigenvalue weighted by Crippen LogP contribution is -2.33. The lowest BCUT2D eigenvalue weighted by Gasteiger charge is -2.33. The molecule has 1 aliphatic carbocycles. The molecule has 29 heavy (non-hydrogen) atoms. The molecule has 1 saturated heterocycles. The number of hydrogen-bond acceptors (Lipinski definition) is 3. The van der Waals surface area contributed by atoms with E-state index in [1.165, 1.54) is 35.1 Å². The summed E-state index contributed by atoms with van der Waals surface area (Å²) in [5.74, 6) is 0.691. The lowest BCUT2D eigenvalue weighted by molar-refractivity contribution is -0.113. The number of aliphatic hydroxyl groups is 2. The van der Waals surface area contributed by atoms with E-state index in [0.717, 1.165) is 12.0 Å². The third-order valence-electron chi connectivity index (χ3n) is 6.35. The topological polar surface area (TPSA) is 49.7 Å². The Balaban J connectivity index is 1.59. The molecular formula is C26H34O3. The van der Waals surface area contributed by atoms with Crippen LogP contribution in [0, 0.1) is 0 Å². The molecule has 156 valence electrons. The highest BCUT2D eigenvalue weighted by Crippen LogP contribution is 2.43. The van der Waals surface area contributed by atoms with E-state index in [-0.39, 0.29) is 24.2 Å². The highest BCUT2D eigenvalue weighted by Gasteiger charge is 2.31. The van der Waals surface area contributed by atoms with Gasteiger partial charge in [-0.25, -0.2) is 0 Å². The van der Waals surface area contributed by atoms with Crippen molar-refractivity contribution >= 4 is 0 Å². The molecule has 0 spiro atoms. The summed E-state index contributed by atoms with van der Waals surface area (Å²) in [6.45, 7) is 6.69. The molecule has 3 atom stereocenters. The maximum absolute atomic E-state index is 10.2. The van der Waals surface area contributed by atoms with Gasteiger partial charge in [0.25, 0.3) is 0 Å². The molecule has 0 aromatic heterocycles. The highest BCUT2D eigenvalue weighted by molar-refractivity contribution is 5.41. The smallest absolute Gasteiger partial charge is 0.0854 e. The first kappa shape index (κ1) is 20.6. The first-order valence-electron chi connectivity index (χ1n) is 11.0. The zero-order chi connectivity index (χ0) is 20.6. The van der Waals surface area contributed by atoms with Crippen LogP contribution in [0.1, 0.15) is 86.3 Å². The van der Waals surface area contributed by atoms with Crippen molar-refractivity contribution in [1.29, 1.82) is 0 Å². The maximum Gasteiger partial charge on any atom is 0.0854 e. The van der Waals surface area contributed by atoms with Gasteiger partial charge in [-0.2, -0.15) is 0 Å². The van der Waals surface area contributed by atoms with Crippen molar-refractivity contribution < 1.29 is 14.9 Å². The van der Waals surface area contributed by atoms with Gasteiger partial charge in [0, 0.05) is 12.8 Å². The van der Waals surface area contributed by atoms with Crippen molar-refractivity contribution in [3.63, 3.8) is 0 Å². The Kier molecular flexibility index (Phi) is 5.83. The van der Waals surface area contributed by atoms with Gasteiger partial charge in [-0.15, -0.1) is 0 Å². The van der Waals surface area contributed by atoms with Gasteiger partial charge >= 0.3 is 0 Å². The van der Waals surface area contributed by atoms with Gasteiger partial charge in [0.05, 0.1) is 24.9 Å². The molecule has 2 aromatic rings. The quantitative estimate of drug-likeness (QED) is 0.748. The van der Waals surface area contributed by atoms with Crippen LogP contribution in [0.25, 0.3) is 0 Å². The predicted octanol–water partition coefficient (Wildman–Crippen LogP) is 5.03. The summed E-state index contributed by atoms with van der Waals surface area (Å²) in [4.78, 5) is 0. The van der Waals surface area contributed by atoms with E-state index in [4.69, 9.17) is 4.74 Å². The zero-order valence-corrected chi connectivity index (χ0v) is 17.9. The summed E-state index contributed by atoms with van der Waals surface area (Å²) < 4.78 is 6.06. The molecule has 3 nitrogen and oxygen atoms in total. The molecule has 1 aliphatic heterocycles. The van der Waals surface area contributed by atoms with Gasteiger partial charge in [-0.3, -0.25) is 0 Å². The molecule has 2 N–H and O–H groups in total. The number of benzene rings is 2. The van der Waals surface area contributed by atoms with Gasteiger partial charge < -0.3 is 14.9 Å². The van der Waals surface area contributed by atoms with Crippen LogP contribution in [0.5, 0.6) is 0 Å². The van der Waals surface area contributed by atoms with Crippen LogP contribution in [0.2, 0.25) is 0 Å². The van der Waals surface area contributed by atoms with Gasteiger partial charge in [0.2, 0.25) is 0 Å². The van der Waals surface area contributed by atoms with Crippen LogP contribution >= 0.6 is 0 Å². The molecule has 4 rings (SSSR count). The Bertz CT molecular complexity index is 830. The fourth-order valence-electron chi connectivity index (χ4n) is 4.44. The van der Waals surface area contributed by atoms with E-state index in [0.29, 0.717) is 18.8 Å². The van der Waals surface area contributed by atoms with Crippen molar-refractivity contribution in [3.8, 4) is 0 Å². The minimum Gasteiger partial charge on any atom is -0.394 e. The van der Waals surface area contributed by atoms with Crippen LogP contribution in [0.4, 0.5) is 0 Å². The third kappa shape index (κ3) is 4.91. The van der Waals surface area contributed by atoms with Crippen molar-refractivity contribution in [1.82, 2.24) is 0 Å². The van der Waals surface area contributed by atoms with E-state index in [2.05, 4.69) is 63.2 Å². The van der Waals surface area contributed by atoms with Crippen LogP contribution in [-0.2, 0) is 16.6 Å². The Labute approximate surface area is 174 Å². The summed E-state index contributed by atoms with van der Waals surface area (Å²) in [6, 6.07) is 15.7. The normalized spacial score (nSPS) is 25.2. The molecule has 0 amide bonds. The lowest BCUT2D eigenvalue weighted by atomic mass is 9.86. The standard InChI is InChI=1S/C26H34O3/c1-26(2,3)21-9-4-17(5-10-21)12-20-13-19(8-11-24(20)18-6-7-18)25-15-22(28)14-23(16-27)29-25/h4-5,8-11,13,18,22-23,25,27-28H,6-7,12,14-16H2,1-3H3/t22-,23?,25?/m0/s1. The Hall–Kier alpha value is -1.68. The van der Waals surface area contributed by atoms with Gasteiger partial charge in [-0.1, -0.05) is 63.2 Å². The molecule has 2 aromatic carbocycles. The highest BCUT2D eigenvalue weighted by atomic mass is 16.5. The van der Waals surface area contributed by atoms with Crippen LogP contribution < -0.4 is 0 Å². The van der Waals surface area contributed by atoms with E-state index in [1.807, 2.05) is 0 Å². The van der Waals surface area contributed by atoms with Crippen LogP contribution in [-0.4, -0.2) is 29.0 Å². The monoisotopic (exact) mass is 394 g/mol. The van der Waals surface area contributed by atoms with Crippen molar-refractivity contribution in [2.24, 2.45) is 0 Å². The fraction of sp³-hybridized carbons (Fsp3) is 0.538. The Morgan fingerprint density at radius 1 is 1.00 bits per heavy atom. The number of hydrogen-bond donors (Lipinski definition) is 2. The average Bonchev–Trinajstić information content (AvgIpc) is 3.52. The minimum absolute atomic E-state index is 0.0410. The van der Waals surface area contributed by atoms with E-state index in [9.17, 15) is 10.2 Å². The molecule has 0 radical (unpaired) electrons. The Morgan fingerprint density at radius 3 is 2.34 bits per heavy atom. The summed E-state index contributed by atoms with van der Waals surface area (Å²) in [5.41, 5.74) is 6.81. The van der Waals surface area contributed by atoms with Crippen LogP contribution in [0.15, 0.2) is 42.5 Å². The van der Waals surface area contributed by atoms with E-state index >= 15 is 0 Å². The summed E-state index contributed by atoms with van der Waals surface area (Å²) >= 11 is 0. The molecule has 1 saturated carbocycles. The molecule has 3 heteroatoms. The van der Waals surface area contributed by atoms with Crippen LogP contribution in [0.3, 0.4) is 0 Å². The van der Waals surface area contributed by atoms with E-state index < -0.39 is 6.10 Å². The second-order valence-electron chi connectivity index (χ2n) is 9.91. The number of rotatable bonds is 5. The Morgan fingerprint density at radius 2 is 1.72 bits per heavy atom. The largest absolute Gasteiger partial charge is 0.394 e. The molecule has 1 heterocycles. The van der Waals surface area contributed by atoms with Crippen molar-refractivity contribution in [2.75, 3.05) is 6.61 Å². The molecular weight excluding hydrogens is 360 g/mol. The summed E-state index contributed by atoms with van der Waals surface area (Å²) in [5, 5.41) is 19.7. The average molecular weight is 395 g/mol. The molecule has 2 unspecified atom stereocenters. The minimum atomic E-state index is -0.414. The zero-order valence-electron chi connectivity index (χ0n) is 17.9. The first-order valence-corrected chi connectivity index (χ1v) is 11.0. The summed E-state index contributed by atoms with van der Waals surface area (Å²) in [7, 11) is 0. The second-order valence-corrected chi connectivity index (χ2v) is 9.91. The number of ether oxygens (including phenoxy) is 1. The van der Waals surface area contributed by atoms with E-state index in [1.54, 1.807) is 0 Å².